The fraction of sp³-hybridized carbons (Fsp3) is 0.316. The van der Waals surface area contributed by atoms with Crippen LogP contribution in [0.5, 0.6) is 0 Å². The van der Waals surface area contributed by atoms with E-state index >= 15 is 0 Å². The van der Waals surface area contributed by atoms with Gasteiger partial charge in [-0.3, -0.25) is 14.6 Å². The zero-order valence-electron chi connectivity index (χ0n) is 14.7. The Morgan fingerprint density at radius 1 is 1.33 bits per heavy atom. The van der Waals surface area contributed by atoms with Crippen molar-refractivity contribution in [3.63, 3.8) is 0 Å². The number of ether oxygens (including phenoxy) is 1. The standard InChI is InChI=1S/C19H20ClN5O2/c20-15-5-3-14(4-6-15)17-11-18(23-22-17)19(26)24-8-2-10-27-16(12-24)13-25-9-1-7-21-25/h1,3-7,9,11,16H,2,8,10,12-13H2,(H,22,23)/t16-/m1/s1. The SMILES string of the molecule is O=C(c1cc(-c2ccc(Cl)cc2)n[nH]1)N1CCCO[C@@H](Cn2cccn2)C1. The summed E-state index contributed by atoms with van der Waals surface area (Å²) in [6, 6.07) is 11.0. The maximum Gasteiger partial charge on any atom is 0.271 e. The Balaban J connectivity index is 1.47. The van der Waals surface area contributed by atoms with Crippen molar-refractivity contribution in [2.75, 3.05) is 19.7 Å². The molecule has 0 saturated carbocycles. The van der Waals surface area contributed by atoms with Crippen LogP contribution in [0.4, 0.5) is 0 Å². The van der Waals surface area contributed by atoms with Gasteiger partial charge in [0.2, 0.25) is 0 Å². The van der Waals surface area contributed by atoms with Gasteiger partial charge in [-0.25, -0.2) is 0 Å². The van der Waals surface area contributed by atoms with Crippen molar-refractivity contribution >= 4 is 17.5 Å². The molecule has 3 aromatic rings. The number of halogens is 1. The van der Waals surface area contributed by atoms with E-state index in [-0.39, 0.29) is 12.0 Å². The molecule has 1 amide bonds. The number of aromatic nitrogens is 4. The van der Waals surface area contributed by atoms with E-state index in [2.05, 4.69) is 15.3 Å². The van der Waals surface area contributed by atoms with Gasteiger partial charge in [-0.15, -0.1) is 0 Å². The molecule has 1 aliphatic heterocycles. The highest BCUT2D eigenvalue weighted by atomic mass is 35.5. The van der Waals surface area contributed by atoms with E-state index in [1.807, 2.05) is 34.0 Å². The van der Waals surface area contributed by atoms with Gasteiger partial charge >= 0.3 is 0 Å². The Labute approximate surface area is 161 Å². The zero-order chi connectivity index (χ0) is 18.6. The van der Waals surface area contributed by atoms with Gasteiger partial charge in [-0.2, -0.15) is 10.2 Å². The highest BCUT2D eigenvalue weighted by molar-refractivity contribution is 6.30. The van der Waals surface area contributed by atoms with E-state index in [4.69, 9.17) is 16.3 Å². The summed E-state index contributed by atoms with van der Waals surface area (Å²) >= 11 is 5.93. The number of amides is 1. The van der Waals surface area contributed by atoms with Crippen LogP contribution in [0, 0.1) is 0 Å². The van der Waals surface area contributed by atoms with Gasteiger partial charge in [0.05, 0.1) is 18.3 Å². The maximum absolute atomic E-state index is 13.0. The first kappa shape index (κ1) is 17.8. The van der Waals surface area contributed by atoms with Crippen LogP contribution in [0.15, 0.2) is 48.8 Å². The summed E-state index contributed by atoms with van der Waals surface area (Å²) in [5.41, 5.74) is 2.10. The molecule has 1 aliphatic rings. The smallest absolute Gasteiger partial charge is 0.271 e. The second-order valence-electron chi connectivity index (χ2n) is 6.50. The van der Waals surface area contributed by atoms with Crippen LogP contribution >= 0.6 is 11.6 Å². The quantitative estimate of drug-likeness (QED) is 0.749. The minimum atomic E-state index is -0.0880. The normalized spacial score (nSPS) is 17.7. The molecule has 8 heteroatoms. The molecule has 1 fully saturated rings. The van der Waals surface area contributed by atoms with Crippen molar-refractivity contribution in [2.24, 2.45) is 0 Å². The molecule has 3 heterocycles. The second kappa shape index (κ2) is 7.94. The number of aromatic amines is 1. The van der Waals surface area contributed by atoms with Crippen molar-refractivity contribution < 1.29 is 9.53 Å². The van der Waals surface area contributed by atoms with Crippen molar-refractivity contribution in [3.05, 3.63) is 59.5 Å². The molecule has 0 radical (unpaired) electrons. The molecule has 7 nitrogen and oxygen atoms in total. The third-order valence-corrected chi connectivity index (χ3v) is 4.79. The van der Waals surface area contributed by atoms with E-state index in [9.17, 15) is 4.79 Å². The fourth-order valence-corrected chi connectivity index (χ4v) is 3.30. The third kappa shape index (κ3) is 4.20. The van der Waals surface area contributed by atoms with E-state index in [0.717, 1.165) is 12.0 Å². The van der Waals surface area contributed by atoms with Gasteiger partial charge in [-0.1, -0.05) is 23.7 Å². The average molecular weight is 386 g/mol. The third-order valence-electron chi connectivity index (χ3n) is 4.54. The first-order valence-corrected chi connectivity index (χ1v) is 9.26. The van der Waals surface area contributed by atoms with Gasteiger partial charge in [0.1, 0.15) is 5.69 Å². The van der Waals surface area contributed by atoms with Crippen molar-refractivity contribution in [1.82, 2.24) is 24.9 Å². The lowest BCUT2D eigenvalue weighted by Gasteiger charge is -2.23. The van der Waals surface area contributed by atoms with Crippen LogP contribution in [-0.4, -0.2) is 56.6 Å². The molecule has 0 aliphatic carbocycles. The maximum atomic E-state index is 13.0. The van der Waals surface area contributed by atoms with Crippen LogP contribution in [-0.2, 0) is 11.3 Å². The molecule has 0 unspecified atom stereocenters. The Bertz CT molecular complexity index is 891. The minimum Gasteiger partial charge on any atom is -0.374 e. The highest BCUT2D eigenvalue weighted by Gasteiger charge is 2.25. The number of benzene rings is 1. The molecular formula is C19H20ClN5O2. The number of rotatable bonds is 4. The lowest BCUT2D eigenvalue weighted by atomic mass is 10.1. The Kier molecular flexibility index (Phi) is 5.22. The van der Waals surface area contributed by atoms with E-state index in [0.29, 0.717) is 42.7 Å². The van der Waals surface area contributed by atoms with Crippen LogP contribution in [0.1, 0.15) is 16.9 Å². The van der Waals surface area contributed by atoms with Crippen LogP contribution in [0.3, 0.4) is 0 Å². The van der Waals surface area contributed by atoms with Gasteiger partial charge in [-0.05, 0) is 30.7 Å². The van der Waals surface area contributed by atoms with Gasteiger partial charge in [0, 0.05) is 42.7 Å². The van der Waals surface area contributed by atoms with Crippen LogP contribution < -0.4 is 0 Å². The summed E-state index contributed by atoms with van der Waals surface area (Å²) in [5, 5.41) is 12.0. The molecule has 0 bridgehead atoms. The molecule has 140 valence electrons. The predicted molar refractivity (Wildman–Crippen MR) is 102 cm³/mol. The molecular weight excluding hydrogens is 366 g/mol. The summed E-state index contributed by atoms with van der Waals surface area (Å²) in [4.78, 5) is 14.8. The van der Waals surface area contributed by atoms with Crippen molar-refractivity contribution in [2.45, 2.75) is 19.1 Å². The zero-order valence-corrected chi connectivity index (χ0v) is 15.5. The minimum absolute atomic E-state index is 0.0707. The van der Waals surface area contributed by atoms with Crippen molar-refractivity contribution in [1.29, 1.82) is 0 Å². The molecule has 2 aromatic heterocycles. The van der Waals surface area contributed by atoms with Crippen LogP contribution in [0.2, 0.25) is 5.02 Å². The number of nitrogens with zero attached hydrogens (tertiary/aromatic N) is 4. The molecule has 1 atom stereocenters. The first-order chi connectivity index (χ1) is 13.2. The summed E-state index contributed by atoms with van der Waals surface area (Å²) in [6.07, 6.45) is 4.35. The van der Waals surface area contributed by atoms with Gasteiger partial charge in [0.15, 0.2) is 0 Å². The molecule has 1 N–H and O–H groups in total. The number of nitrogens with one attached hydrogen (secondary N) is 1. The Hall–Kier alpha value is -2.64. The fourth-order valence-electron chi connectivity index (χ4n) is 3.18. The average Bonchev–Trinajstić information content (AvgIpc) is 3.31. The van der Waals surface area contributed by atoms with E-state index in [1.54, 1.807) is 24.4 Å². The number of hydrogen-bond donors (Lipinski definition) is 1. The summed E-state index contributed by atoms with van der Waals surface area (Å²) in [5.74, 6) is -0.0707. The first-order valence-electron chi connectivity index (χ1n) is 8.89. The monoisotopic (exact) mass is 385 g/mol. The molecule has 1 aromatic carbocycles. The molecule has 27 heavy (non-hydrogen) atoms. The molecule has 1 saturated heterocycles. The van der Waals surface area contributed by atoms with Gasteiger partial charge < -0.3 is 9.64 Å². The highest BCUT2D eigenvalue weighted by Crippen LogP contribution is 2.21. The van der Waals surface area contributed by atoms with E-state index < -0.39 is 0 Å². The second-order valence-corrected chi connectivity index (χ2v) is 6.94. The molecule has 0 spiro atoms. The van der Waals surface area contributed by atoms with Gasteiger partial charge in [0.25, 0.3) is 5.91 Å². The Morgan fingerprint density at radius 3 is 2.96 bits per heavy atom. The number of carbonyl (C=O) groups is 1. The topological polar surface area (TPSA) is 76.0 Å². The van der Waals surface area contributed by atoms with Crippen LogP contribution in [0.25, 0.3) is 11.3 Å². The number of hydrogen-bond acceptors (Lipinski definition) is 4. The number of H-pyrrole nitrogens is 1. The largest absolute Gasteiger partial charge is 0.374 e. The molecule has 4 rings (SSSR count). The Morgan fingerprint density at radius 2 is 2.19 bits per heavy atom. The summed E-state index contributed by atoms with van der Waals surface area (Å²) in [6.45, 7) is 2.43. The predicted octanol–water partition coefficient (Wildman–Crippen LogP) is 2.86. The van der Waals surface area contributed by atoms with E-state index in [1.165, 1.54) is 0 Å². The summed E-state index contributed by atoms with van der Waals surface area (Å²) < 4.78 is 7.71. The lowest BCUT2D eigenvalue weighted by molar-refractivity contribution is 0.0365. The lowest BCUT2D eigenvalue weighted by Crippen LogP contribution is -2.38. The summed E-state index contributed by atoms with van der Waals surface area (Å²) in [7, 11) is 0. The van der Waals surface area contributed by atoms with Crippen molar-refractivity contribution in [3.8, 4) is 11.3 Å². The number of carbonyl (C=O) groups excluding carboxylic acids is 1.